The maximum atomic E-state index is 6.07. The van der Waals surface area contributed by atoms with Gasteiger partial charge in [-0.2, -0.15) is 0 Å². The molecule has 1 rings (SSSR count). The predicted octanol–water partition coefficient (Wildman–Crippen LogP) is 1.13. The minimum absolute atomic E-state index is 0.521. The molecule has 16 heavy (non-hydrogen) atoms. The van der Waals surface area contributed by atoms with Crippen LogP contribution in [-0.2, 0) is 0 Å². The van der Waals surface area contributed by atoms with Crippen molar-refractivity contribution in [2.75, 3.05) is 33.2 Å². The Balaban J connectivity index is 2.67. The number of nitrogens with zero attached hydrogens (tertiary/aromatic N) is 3. The number of hydrogen-bond acceptors (Lipinski definition) is 2. The molecule has 4 heteroatoms. The number of guanidine groups is 1. The van der Waals surface area contributed by atoms with E-state index in [0.717, 1.165) is 45.0 Å². The molecule has 1 heterocycles. The molecule has 1 saturated heterocycles. The van der Waals surface area contributed by atoms with E-state index in [-0.39, 0.29) is 0 Å². The summed E-state index contributed by atoms with van der Waals surface area (Å²) in [4.78, 5) is 9.11. The van der Waals surface area contributed by atoms with E-state index < -0.39 is 0 Å². The second-order valence-corrected chi connectivity index (χ2v) is 4.61. The maximum absolute atomic E-state index is 6.07. The lowest BCUT2D eigenvalue weighted by atomic mass is 10.2. The molecule has 0 aromatic carbocycles. The summed E-state index contributed by atoms with van der Waals surface area (Å²) >= 11 is 0. The van der Waals surface area contributed by atoms with E-state index in [1.165, 1.54) is 6.42 Å². The van der Waals surface area contributed by atoms with Crippen LogP contribution in [0.15, 0.2) is 4.99 Å². The van der Waals surface area contributed by atoms with Gasteiger partial charge in [0.15, 0.2) is 5.96 Å². The van der Waals surface area contributed by atoms with Gasteiger partial charge in [0, 0.05) is 25.7 Å². The molecule has 1 fully saturated rings. The second-order valence-electron chi connectivity index (χ2n) is 4.61. The Hall–Kier alpha value is -0.770. The van der Waals surface area contributed by atoms with Gasteiger partial charge in [-0.25, -0.2) is 0 Å². The molecular weight excluding hydrogens is 200 g/mol. The molecule has 0 amide bonds. The van der Waals surface area contributed by atoms with Gasteiger partial charge in [0.05, 0.1) is 0 Å². The molecule has 0 radical (unpaired) electrons. The van der Waals surface area contributed by atoms with Crippen LogP contribution in [0, 0.1) is 0 Å². The lowest BCUT2D eigenvalue weighted by Gasteiger charge is -2.31. The molecule has 1 aliphatic rings. The summed E-state index contributed by atoms with van der Waals surface area (Å²) in [6, 6.07) is 0.521. The molecule has 0 saturated carbocycles. The average Bonchev–Trinajstić information content (AvgIpc) is 2.47. The Labute approximate surface area is 99.5 Å². The van der Waals surface area contributed by atoms with Gasteiger partial charge in [0.25, 0.3) is 0 Å². The molecular formula is C12H26N4. The van der Waals surface area contributed by atoms with E-state index in [9.17, 15) is 0 Å². The summed E-state index contributed by atoms with van der Waals surface area (Å²) in [5.41, 5.74) is 6.07. The van der Waals surface area contributed by atoms with Crippen LogP contribution in [0.5, 0.6) is 0 Å². The molecule has 1 unspecified atom stereocenters. The first-order valence-electron chi connectivity index (χ1n) is 6.44. The zero-order valence-electron chi connectivity index (χ0n) is 10.9. The third kappa shape index (κ3) is 3.67. The largest absolute Gasteiger partial charge is 0.370 e. The maximum Gasteiger partial charge on any atom is 0.191 e. The predicted molar refractivity (Wildman–Crippen MR) is 69.7 cm³/mol. The Kier molecular flexibility index (Phi) is 5.60. The van der Waals surface area contributed by atoms with Crippen molar-refractivity contribution < 1.29 is 0 Å². The van der Waals surface area contributed by atoms with E-state index in [1.807, 2.05) is 0 Å². The van der Waals surface area contributed by atoms with Crippen LogP contribution in [0.1, 0.15) is 33.1 Å². The molecule has 0 aromatic heterocycles. The monoisotopic (exact) mass is 226 g/mol. The zero-order valence-corrected chi connectivity index (χ0v) is 10.9. The van der Waals surface area contributed by atoms with Crippen LogP contribution < -0.4 is 5.73 Å². The number of likely N-dealkylation sites (N-methyl/N-ethyl adjacent to an activating group) is 1. The van der Waals surface area contributed by atoms with Crippen molar-refractivity contribution in [3.8, 4) is 0 Å². The molecule has 4 nitrogen and oxygen atoms in total. The van der Waals surface area contributed by atoms with Crippen LogP contribution in [-0.4, -0.2) is 55.0 Å². The molecule has 0 spiro atoms. The summed E-state index contributed by atoms with van der Waals surface area (Å²) in [7, 11) is 2.19. The zero-order chi connectivity index (χ0) is 12.0. The molecule has 94 valence electrons. The van der Waals surface area contributed by atoms with Crippen molar-refractivity contribution in [1.82, 2.24) is 9.80 Å². The summed E-state index contributed by atoms with van der Waals surface area (Å²) < 4.78 is 0. The molecule has 1 aliphatic heterocycles. The summed E-state index contributed by atoms with van der Waals surface area (Å²) in [6.07, 6.45) is 3.37. The van der Waals surface area contributed by atoms with Gasteiger partial charge in [0.1, 0.15) is 0 Å². The fourth-order valence-corrected chi connectivity index (χ4v) is 2.21. The Morgan fingerprint density at radius 1 is 1.38 bits per heavy atom. The Morgan fingerprint density at radius 2 is 2.12 bits per heavy atom. The van der Waals surface area contributed by atoms with E-state index >= 15 is 0 Å². The lowest BCUT2D eigenvalue weighted by molar-refractivity contribution is 0.262. The average molecular weight is 226 g/mol. The van der Waals surface area contributed by atoms with E-state index in [1.54, 1.807) is 0 Å². The first-order chi connectivity index (χ1) is 7.69. The van der Waals surface area contributed by atoms with Crippen molar-refractivity contribution in [3.05, 3.63) is 0 Å². The van der Waals surface area contributed by atoms with Crippen molar-refractivity contribution in [2.45, 2.75) is 39.2 Å². The normalized spacial score (nSPS) is 24.6. The van der Waals surface area contributed by atoms with E-state index in [0.29, 0.717) is 6.04 Å². The van der Waals surface area contributed by atoms with E-state index in [2.05, 4.69) is 35.7 Å². The molecule has 0 bridgehead atoms. The van der Waals surface area contributed by atoms with Gasteiger partial charge in [-0.15, -0.1) is 0 Å². The van der Waals surface area contributed by atoms with Crippen LogP contribution in [0.3, 0.4) is 0 Å². The van der Waals surface area contributed by atoms with Gasteiger partial charge in [-0.05, 0) is 32.9 Å². The van der Waals surface area contributed by atoms with Gasteiger partial charge in [0.2, 0.25) is 0 Å². The summed E-state index contributed by atoms with van der Waals surface area (Å²) in [5, 5.41) is 0. The highest BCUT2D eigenvalue weighted by molar-refractivity contribution is 5.78. The standard InChI is InChI=1S/C12H26N4/c1-4-7-14-12(13)16-9-6-8-15(3)10-11(16)5-2/h11H,4-10H2,1-3H3,(H2,13,14). The van der Waals surface area contributed by atoms with Crippen LogP contribution in [0.4, 0.5) is 0 Å². The van der Waals surface area contributed by atoms with Crippen LogP contribution in [0.2, 0.25) is 0 Å². The molecule has 2 N–H and O–H groups in total. The van der Waals surface area contributed by atoms with Crippen LogP contribution >= 0.6 is 0 Å². The minimum Gasteiger partial charge on any atom is -0.370 e. The third-order valence-corrected chi connectivity index (χ3v) is 3.16. The number of hydrogen-bond donors (Lipinski definition) is 1. The number of aliphatic imine (C=N–C) groups is 1. The topological polar surface area (TPSA) is 44.9 Å². The Morgan fingerprint density at radius 3 is 2.75 bits per heavy atom. The van der Waals surface area contributed by atoms with Gasteiger partial charge in [-0.1, -0.05) is 13.8 Å². The molecule has 1 atom stereocenters. The smallest absolute Gasteiger partial charge is 0.191 e. The third-order valence-electron chi connectivity index (χ3n) is 3.16. The summed E-state index contributed by atoms with van der Waals surface area (Å²) in [6.45, 7) is 8.50. The van der Waals surface area contributed by atoms with Crippen LogP contribution in [0.25, 0.3) is 0 Å². The van der Waals surface area contributed by atoms with E-state index in [4.69, 9.17) is 5.73 Å². The van der Waals surface area contributed by atoms with Crippen molar-refractivity contribution in [1.29, 1.82) is 0 Å². The molecule has 0 aromatic rings. The highest BCUT2D eigenvalue weighted by atomic mass is 15.3. The number of nitrogens with two attached hydrogens (primary N) is 1. The highest BCUT2D eigenvalue weighted by Gasteiger charge is 2.22. The van der Waals surface area contributed by atoms with Crippen molar-refractivity contribution >= 4 is 5.96 Å². The molecule has 0 aliphatic carbocycles. The fourth-order valence-electron chi connectivity index (χ4n) is 2.21. The minimum atomic E-state index is 0.521. The number of rotatable bonds is 3. The fraction of sp³-hybridized carbons (Fsp3) is 0.917. The van der Waals surface area contributed by atoms with Crippen molar-refractivity contribution in [3.63, 3.8) is 0 Å². The Bertz CT molecular complexity index is 227. The van der Waals surface area contributed by atoms with Crippen molar-refractivity contribution in [2.24, 2.45) is 10.7 Å². The van der Waals surface area contributed by atoms with Gasteiger partial charge in [-0.3, -0.25) is 4.99 Å². The highest BCUT2D eigenvalue weighted by Crippen LogP contribution is 2.11. The summed E-state index contributed by atoms with van der Waals surface area (Å²) in [5.74, 6) is 0.740. The van der Waals surface area contributed by atoms with Gasteiger partial charge < -0.3 is 15.5 Å². The van der Waals surface area contributed by atoms with Gasteiger partial charge >= 0.3 is 0 Å². The quantitative estimate of drug-likeness (QED) is 0.579. The SMILES string of the molecule is CCCN=C(N)N1CCCN(C)CC1CC. The first kappa shape index (κ1) is 13.3. The lowest BCUT2D eigenvalue weighted by Crippen LogP contribution is -2.47. The second kappa shape index (κ2) is 6.74. The first-order valence-corrected chi connectivity index (χ1v) is 6.44.